The van der Waals surface area contributed by atoms with Gasteiger partial charge >= 0.3 is 0 Å². The Morgan fingerprint density at radius 2 is 1.50 bits per heavy atom. The standard InChI is InChI=1S/C20H32O2/c1-19(2,3)9-5-7-15-13-16(18(22)14-17(15)21)8-6-10-20(4)11-12-20/h13-14,21-22H,5-12H2,1-4H3. The molecule has 1 aromatic carbocycles. The molecule has 0 aromatic heterocycles. The van der Waals surface area contributed by atoms with Crippen molar-refractivity contribution >= 4 is 0 Å². The SMILES string of the molecule is CC(C)(C)CCCc1cc(CCCC2(C)CC2)c(O)cc1O. The summed E-state index contributed by atoms with van der Waals surface area (Å²) in [5, 5.41) is 20.1. The molecule has 2 rings (SSSR count). The lowest BCUT2D eigenvalue weighted by atomic mass is 9.88. The van der Waals surface area contributed by atoms with Crippen LogP contribution in [0.5, 0.6) is 11.5 Å². The highest BCUT2D eigenvalue weighted by atomic mass is 16.3. The highest BCUT2D eigenvalue weighted by Crippen LogP contribution is 2.49. The summed E-state index contributed by atoms with van der Waals surface area (Å²) in [6, 6.07) is 3.54. The fourth-order valence-electron chi connectivity index (χ4n) is 3.05. The Balaban J connectivity index is 1.93. The Morgan fingerprint density at radius 1 is 0.955 bits per heavy atom. The van der Waals surface area contributed by atoms with Crippen molar-refractivity contribution in [3.63, 3.8) is 0 Å². The molecular formula is C20H32O2. The maximum Gasteiger partial charge on any atom is 0.122 e. The van der Waals surface area contributed by atoms with E-state index in [1.165, 1.54) is 25.3 Å². The fourth-order valence-corrected chi connectivity index (χ4v) is 3.05. The molecule has 22 heavy (non-hydrogen) atoms. The van der Waals surface area contributed by atoms with Gasteiger partial charge in [0.1, 0.15) is 11.5 Å². The predicted molar refractivity (Wildman–Crippen MR) is 92.4 cm³/mol. The van der Waals surface area contributed by atoms with Gasteiger partial charge in [-0.05, 0) is 79.4 Å². The maximum absolute atomic E-state index is 10.1. The average Bonchev–Trinajstić information content (AvgIpc) is 3.11. The number of aryl methyl sites for hydroxylation is 2. The first-order valence-corrected chi connectivity index (χ1v) is 8.72. The second-order valence-electron chi connectivity index (χ2n) is 8.69. The van der Waals surface area contributed by atoms with Gasteiger partial charge in [0, 0.05) is 6.07 Å². The van der Waals surface area contributed by atoms with E-state index < -0.39 is 0 Å². The lowest BCUT2D eigenvalue weighted by Crippen LogP contribution is -2.05. The van der Waals surface area contributed by atoms with Crippen LogP contribution in [0.25, 0.3) is 0 Å². The van der Waals surface area contributed by atoms with Gasteiger partial charge < -0.3 is 10.2 Å². The molecule has 0 unspecified atom stereocenters. The van der Waals surface area contributed by atoms with E-state index in [4.69, 9.17) is 0 Å². The zero-order chi connectivity index (χ0) is 16.4. The quantitative estimate of drug-likeness (QED) is 0.689. The van der Waals surface area contributed by atoms with E-state index in [2.05, 4.69) is 27.7 Å². The number of phenolic OH excluding ortho intramolecular Hbond substituents is 2. The minimum atomic E-state index is 0.240. The molecular weight excluding hydrogens is 272 g/mol. The highest BCUT2D eigenvalue weighted by Gasteiger charge is 2.36. The van der Waals surface area contributed by atoms with Gasteiger partial charge in [0.2, 0.25) is 0 Å². The van der Waals surface area contributed by atoms with E-state index in [9.17, 15) is 10.2 Å². The first kappa shape index (κ1) is 17.2. The van der Waals surface area contributed by atoms with E-state index in [-0.39, 0.29) is 11.5 Å². The molecule has 2 nitrogen and oxygen atoms in total. The zero-order valence-corrected chi connectivity index (χ0v) is 14.7. The molecule has 0 saturated heterocycles. The van der Waals surface area contributed by atoms with Gasteiger partial charge in [0.15, 0.2) is 0 Å². The Kier molecular flexibility index (Phi) is 5.09. The van der Waals surface area contributed by atoms with Gasteiger partial charge in [-0.15, -0.1) is 0 Å². The van der Waals surface area contributed by atoms with Crippen LogP contribution in [-0.4, -0.2) is 10.2 Å². The Morgan fingerprint density at radius 3 is 2.00 bits per heavy atom. The van der Waals surface area contributed by atoms with E-state index in [1.54, 1.807) is 0 Å². The summed E-state index contributed by atoms with van der Waals surface area (Å²) >= 11 is 0. The zero-order valence-electron chi connectivity index (χ0n) is 14.7. The number of hydrogen-bond acceptors (Lipinski definition) is 2. The van der Waals surface area contributed by atoms with Crippen LogP contribution in [0.2, 0.25) is 0 Å². The number of benzene rings is 1. The van der Waals surface area contributed by atoms with Crippen molar-refractivity contribution in [3.05, 3.63) is 23.3 Å². The van der Waals surface area contributed by atoms with Gasteiger partial charge in [0.25, 0.3) is 0 Å². The van der Waals surface area contributed by atoms with Crippen LogP contribution >= 0.6 is 0 Å². The minimum Gasteiger partial charge on any atom is -0.508 e. The molecule has 1 fully saturated rings. The van der Waals surface area contributed by atoms with Crippen molar-refractivity contribution in [2.75, 3.05) is 0 Å². The molecule has 0 aliphatic heterocycles. The lowest BCUT2D eigenvalue weighted by molar-refractivity contribution is 0.363. The number of aromatic hydroxyl groups is 2. The van der Waals surface area contributed by atoms with E-state index >= 15 is 0 Å². The molecule has 0 bridgehead atoms. The van der Waals surface area contributed by atoms with E-state index in [0.717, 1.165) is 43.2 Å². The van der Waals surface area contributed by atoms with Crippen molar-refractivity contribution < 1.29 is 10.2 Å². The summed E-state index contributed by atoms with van der Waals surface area (Å²) in [5.74, 6) is 0.488. The maximum atomic E-state index is 10.1. The van der Waals surface area contributed by atoms with Crippen molar-refractivity contribution in [1.29, 1.82) is 0 Å². The molecule has 1 aromatic rings. The van der Waals surface area contributed by atoms with Crippen molar-refractivity contribution in [3.8, 4) is 11.5 Å². The van der Waals surface area contributed by atoms with Gasteiger partial charge in [-0.2, -0.15) is 0 Å². The molecule has 2 N–H and O–H groups in total. The molecule has 0 heterocycles. The number of phenols is 2. The Labute approximate surface area is 135 Å². The van der Waals surface area contributed by atoms with Crippen LogP contribution in [-0.2, 0) is 12.8 Å². The summed E-state index contributed by atoms with van der Waals surface area (Å²) in [5.41, 5.74) is 2.87. The van der Waals surface area contributed by atoms with Crippen LogP contribution in [0, 0.1) is 10.8 Å². The molecule has 1 aliphatic rings. The van der Waals surface area contributed by atoms with Crippen LogP contribution in [0.4, 0.5) is 0 Å². The number of hydrogen-bond donors (Lipinski definition) is 2. The lowest BCUT2D eigenvalue weighted by Gasteiger charge is -2.18. The van der Waals surface area contributed by atoms with Gasteiger partial charge in [-0.1, -0.05) is 27.7 Å². The third-order valence-electron chi connectivity index (χ3n) is 4.98. The first-order valence-electron chi connectivity index (χ1n) is 8.72. The Bertz CT molecular complexity index is 475. The summed E-state index contributed by atoms with van der Waals surface area (Å²) < 4.78 is 0. The monoisotopic (exact) mass is 304 g/mol. The molecule has 0 atom stereocenters. The fraction of sp³-hybridized carbons (Fsp3) is 0.700. The Hall–Kier alpha value is -1.18. The normalized spacial score (nSPS) is 16.7. The molecule has 1 saturated carbocycles. The van der Waals surface area contributed by atoms with Crippen LogP contribution < -0.4 is 0 Å². The molecule has 0 amide bonds. The summed E-state index contributed by atoms with van der Waals surface area (Å²) in [4.78, 5) is 0. The van der Waals surface area contributed by atoms with Gasteiger partial charge in [0.05, 0.1) is 0 Å². The third-order valence-corrected chi connectivity index (χ3v) is 4.98. The van der Waals surface area contributed by atoms with Crippen LogP contribution in [0.15, 0.2) is 12.1 Å². The highest BCUT2D eigenvalue weighted by molar-refractivity contribution is 5.45. The molecule has 0 radical (unpaired) electrons. The second kappa shape index (κ2) is 6.52. The summed E-state index contributed by atoms with van der Waals surface area (Å²) in [6.07, 6.45) is 9.07. The van der Waals surface area contributed by atoms with Crippen LogP contribution in [0.3, 0.4) is 0 Å². The summed E-state index contributed by atoms with van der Waals surface area (Å²) in [7, 11) is 0. The van der Waals surface area contributed by atoms with Crippen molar-refractivity contribution in [2.24, 2.45) is 10.8 Å². The topological polar surface area (TPSA) is 40.5 Å². The summed E-state index contributed by atoms with van der Waals surface area (Å²) in [6.45, 7) is 9.08. The molecule has 1 aliphatic carbocycles. The van der Waals surface area contributed by atoms with Crippen molar-refractivity contribution in [1.82, 2.24) is 0 Å². The third kappa shape index (κ3) is 5.23. The van der Waals surface area contributed by atoms with Gasteiger partial charge in [-0.3, -0.25) is 0 Å². The van der Waals surface area contributed by atoms with E-state index in [1.807, 2.05) is 6.07 Å². The van der Waals surface area contributed by atoms with Crippen LogP contribution in [0.1, 0.15) is 77.3 Å². The smallest absolute Gasteiger partial charge is 0.122 e. The second-order valence-corrected chi connectivity index (χ2v) is 8.69. The van der Waals surface area contributed by atoms with E-state index in [0.29, 0.717) is 10.8 Å². The molecule has 124 valence electrons. The van der Waals surface area contributed by atoms with Gasteiger partial charge in [-0.25, -0.2) is 0 Å². The molecule has 2 heteroatoms. The predicted octanol–water partition coefficient (Wildman–Crippen LogP) is 5.59. The largest absolute Gasteiger partial charge is 0.508 e. The number of rotatable bonds is 7. The average molecular weight is 304 g/mol. The first-order chi connectivity index (χ1) is 10.2. The molecule has 0 spiro atoms. The van der Waals surface area contributed by atoms with Crippen molar-refractivity contribution in [2.45, 2.75) is 79.1 Å². The minimum absolute atomic E-state index is 0.240.